The van der Waals surface area contributed by atoms with Crippen molar-refractivity contribution >= 4 is 27.0 Å². The molecule has 0 amide bonds. The fourth-order valence-electron chi connectivity index (χ4n) is 1.50. The summed E-state index contributed by atoms with van der Waals surface area (Å²) in [6, 6.07) is 11.4. The van der Waals surface area contributed by atoms with Gasteiger partial charge in [0.1, 0.15) is 15.2 Å². The van der Waals surface area contributed by atoms with E-state index in [1.54, 1.807) is 24.3 Å². The molecule has 0 unspecified atom stereocenters. The third-order valence-corrected chi connectivity index (χ3v) is 5.29. The number of nitrogens with zero attached hydrogens (tertiary/aromatic N) is 1. The fourth-order valence-corrected chi connectivity index (χ4v) is 3.67. The number of rotatable bonds is 3. The number of hydrogen-bond acceptors (Lipinski definition) is 5. The summed E-state index contributed by atoms with van der Waals surface area (Å²) in [5.74, 6) is 5.57. The van der Waals surface area contributed by atoms with Gasteiger partial charge in [-0.15, -0.1) is 11.3 Å². The summed E-state index contributed by atoms with van der Waals surface area (Å²) in [7, 11) is -3.67. The Morgan fingerprint density at radius 3 is 2.48 bits per heavy atom. The van der Waals surface area contributed by atoms with Crippen LogP contribution < -0.4 is 10.5 Å². The van der Waals surface area contributed by atoms with E-state index in [2.05, 4.69) is 16.6 Å². The van der Waals surface area contributed by atoms with E-state index >= 15 is 0 Å². The van der Waals surface area contributed by atoms with Crippen LogP contribution in [0.3, 0.4) is 0 Å². The third-order valence-electron chi connectivity index (χ3n) is 2.43. The first-order valence-electron chi connectivity index (χ1n) is 5.87. The van der Waals surface area contributed by atoms with Gasteiger partial charge in [-0.2, -0.15) is 5.26 Å². The largest absolute Gasteiger partial charge is 0.320 e. The molecule has 1 aromatic heterocycles. The van der Waals surface area contributed by atoms with Gasteiger partial charge in [-0.3, -0.25) is 4.72 Å². The molecular weight excluding hydrogens is 306 g/mol. The highest BCUT2D eigenvalue weighted by molar-refractivity contribution is 7.94. The molecule has 21 heavy (non-hydrogen) atoms. The predicted octanol–water partition coefficient (Wildman–Crippen LogP) is 1.73. The van der Waals surface area contributed by atoms with E-state index in [1.165, 1.54) is 12.1 Å². The fraction of sp³-hybridized carbons (Fsp3) is 0.0714. The van der Waals surface area contributed by atoms with Gasteiger partial charge in [0.15, 0.2) is 0 Å². The number of thiophene rings is 1. The van der Waals surface area contributed by atoms with Crippen LogP contribution in [0.2, 0.25) is 0 Å². The molecule has 0 aliphatic carbocycles. The molecule has 0 saturated heterocycles. The summed E-state index contributed by atoms with van der Waals surface area (Å²) in [6.07, 6.45) is 0. The number of hydrogen-bond donors (Lipinski definition) is 2. The summed E-state index contributed by atoms with van der Waals surface area (Å²) in [5, 5.41) is 8.73. The second-order valence-electron chi connectivity index (χ2n) is 3.92. The van der Waals surface area contributed by atoms with E-state index < -0.39 is 10.0 Å². The Balaban J connectivity index is 2.19. The molecule has 3 N–H and O–H groups in total. The number of nitrogens with two attached hydrogens (primary N) is 1. The Labute approximate surface area is 127 Å². The first-order chi connectivity index (χ1) is 10.0. The molecule has 106 valence electrons. The summed E-state index contributed by atoms with van der Waals surface area (Å²) in [5.41, 5.74) is 6.47. The average molecular weight is 317 g/mol. The molecule has 0 aliphatic rings. The molecule has 0 saturated carbocycles. The van der Waals surface area contributed by atoms with Gasteiger partial charge in [0, 0.05) is 11.3 Å². The second kappa shape index (κ2) is 6.42. The van der Waals surface area contributed by atoms with Crippen molar-refractivity contribution in [2.24, 2.45) is 5.73 Å². The maximum atomic E-state index is 12.1. The first-order valence-corrected chi connectivity index (χ1v) is 8.17. The normalized spacial score (nSPS) is 10.3. The van der Waals surface area contributed by atoms with E-state index in [9.17, 15) is 8.42 Å². The Morgan fingerprint density at radius 2 is 1.90 bits per heavy atom. The lowest BCUT2D eigenvalue weighted by Crippen LogP contribution is -2.11. The van der Waals surface area contributed by atoms with E-state index in [-0.39, 0.29) is 10.8 Å². The van der Waals surface area contributed by atoms with Crippen molar-refractivity contribution in [3.05, 3.63) is 46.8 Å². The van der Waals surface area contributed by atoms with Gasteiger partial charge < -0.3 is 5.73 Å². The van der Waals surface area contributed by atoms with Crippen LogP contribution in [0, 0.1) is 23.2 Å². The average Bonchev–Trinajstić information content (AvgIpc) is 2.96. The summed E-state index contributed by atoms with van der Waals surface area (Å²) < 4.78 is 26.8. The van der Waals surface area contributed by atoms with Gasteiger partial charge in [0.2, 0.25) is 0 Å². The predicted molar refractivity (Wildman–Crippen MR) is 82.2 cm³/mol. The molecule has 7 heteroatoms. The van der Waals surface area contributed by atoms with Crippen molar-refractivity contribution in [2.45, 2.75) is 4.21 Å². The highest BCUT2D eigenvalue weighted by Gasteiger charge is 2.16. The van der Waals surface area contributed by atoms with Crippen LogP contribution in [0.4, 0.5) is 5.69 Å². The van der Waals surface area contributed by atoms with Crippen molar-refractivity contribution in [2.75, 3.05) is 11.3 Å². The van der Waals surface area contributed by atoms with E-state index in [4.69, 9.17) is 11.0 Å². The van der Waals surface area contributed by atoms with Gasteiger partial charge in [-0.05, 0) is 36.4 Å². The summed E-state index contributed by atoms with van der Waals surface area (Å²) in [6.45, 7) is 0.272. The Hall–Kier alpha value is -2.32. The van der Waals surface area contributed by atoms with Gasteiger partial charge in [-0.1, -0.05) is 11.8 Å². The Kier molecular flexibility index (Phi) is 4.61. The molecule has 0 radical (unpaired) electrons. The zero-order chi connectivity index (χ0) is 15.3. The minimum Gasteiger partial charge on any atom is -0.320 e. The molecule has 1 aromatic carbocycles. The number of sulfonamides is 1. The third kappa shape index (κ3) is 3.83. The van der Waals surface area contributed by atoms with E-state index in [1.807, 2.05) is 6.07 Å². The molecule has 1 heterocycles. The van der Waals surface area contributed by atoms with Crippen molar-refractivity contribution < 1.29 is 8.42 Å². The number of nitrogens with one attached hydrogen (secondary N) is 1. The molecule has 0 bridgehead atoms. The highest BCUT2D eigenvalue weighted by atomic mass is 32.2. The maximum absolute atomic E-state index is 12.1. The number of benzene rings is 1. The highest BCUT2D eigenvalue weighted by Crippen LogP contribution is 2.23. The first kappa shape index (κ1) is 15.1. The molecule has 0 atom stereocenters. The van der Waals surface area contributed by atoms with Crippen LogP contribution in [0.1, 0.15) is 10.4 Å². The Bertz CT molecular complexity index is 835. The number of anilines is 1. The summed E-state index contributed by atoms with van der Waals surface area (Å²) >= 11 is 0.926. The lowest BCUT2D eigenvalue weighted by Gasteiger charge is -2.05. The molecule has 2 rings (SSSR count). The van der Waals surface area contributed by atoms with Crippen LogP contribution in [0.15, 0.2) is 40.6 Å². The van der Waals surface area contributed by atoms with Gasteiger partial charge in [0.05, 0.1) is 6.54 Å². The second-order valence-corrected chi connectivity index (χ2v) is 6.91. The summed E-state index contributed by atoms with van der Waals surface area (Å²) in [4.78, 5) is 0.350. The zero-order valence-electron chi connectivity index (χ0n) is 10.8. The molecule has 5 nitrogen and oxygen atoms in total. The van der Waals surface area contributed by atoms with Crippen molar-refractivity contribution in [1.82, 2.24) is 0 Å². The maximum Gasteiger partial charge on any atom is 0.271 e. The minimum atomic E-state index is -3.67. The van der Waals surface area contributed by atoms with E-state index in [0.717, 1.165) is 16.9 Å². The lowest BCUT2D eigenvalue weighted by atomic mass is 10.2. The van der Waals surface area contributed by atoms with E-state index in [0.29, 0.717) is 10.6 Å². The Morgan fingerprint density at radius 1 is 1.19 bits per heavy atom. The number of nitriles is 1. The van der Waals surface area contributed by atoms with Crippen LogP contribution in [0.5, 0.6) is 0 Å². The van der Waals surface area contributed by atoms with Gasteiger partial charge in [-0.25, -0.2) is 8.42 Å². The van der Waals surface area contributed by atoms with Crippen molar-refractivity contribution in [3.8, 4) is 17.9 Å². The van der Waals surface area contributed by atoms with Crippen LogP contribution in [0.25, 0.3) is 0 Å². The monoisotopic (exact) mass is 317 g/mol. The van der Waals surface area contributed by atoms with Crippen LogP contribution in [-0.4, -0.2) is 15.0 Å². The molecule has 0 fully saturated rings. The van der Waals surface area contributed by atoms with Crippen molar-refractivity contribution in [3.63, 3.8) is 0 Å². The smallest absolute Gasteiger partial charge is 0.271 e. The SMILES string of the molecule is N#Cc1ccc(S(=O)(=O)Nc2ccc(C#CCN)cc2)s1. The molecule has 0 spiro atoms. The van der Waals surface area contributed by atoms with Gasteiger partial charge >= 0.3 is 0 Å². The topological polar surface area (TPSA) is 96.0 Å². The molecule has 0 aliphatic heterocycles. The molecule has 2 aromatic rings. The van der Waals surface area contributed by atoms with Gasteiger partial charge in [0.25, 0.3) is 10.0 Å². The van der Waals surface area contributed by atoms with Crippen molar-refractivity contribution in [1.29, 1.82) is 5.26 Å². The standard InChI is InChI=1S/C14H11N3O2S2/c15-9-1-2-11-3-5-12(6-4-11)17-21(18,19)14-8-7-13(10-16)20-14/h3-8,17H,9,15H2. The van der Waals surface area contributed by atoms with Crippen LogP contribution >= 0.6 is 11.3 Å². The molecular formula is C14H11N3O2S2. The van der Waals surface area contributed by atoms with Crippen LogP contribution in [-0.2, 0) is 10.0 Å². The minimum absolute atomic E-state index is 0.103. The lowest BCUT2D eigenvalue weighted by molar-refractivity contribution is 0.603. The quantitative estimate of drug-likeness (QED) is 0.843. The zero-order valence-corrected chi connectivity index (χ0v) is 12.5.